The molecule has 1 aliphatic rings. The van der Waals surface area contributed by atoms with Crippen LogP contribution in [0, 0.1) is 5.82 Å². The summed E-state index contributed by atoms with van der Waals surface area (Å²) in [6.45, 7) is 0. The zero-order valence-electron chi connectivity index (χ0n) is 8.66. The Labute approximate surface area is 97.1 Å². The summed E-state index contributed by atoms with van der Waals surface area (Å²) >= 11 is 1.85. The van der Waals surface area contributed by atoms with Crippen LogP contribution in [0.3, 0.4) is 0 Å². The largest absolute Gasteiger partial charge is 0.398 e. The third kappa shape index (κ3) is 1.37. The van der Waals surface area contributed by atoms with E-state index in [0.29, 0.717) is 16.6 Å². The minimum atomic E-state index is -0.275. The average molecular weight is 234 g/mol. The number of hydrogen-bond donors (Lipinski definition) is 1. The molecule has 0 unspecified atom stereocenters. The molecule has 3 rings (SSSR count). The van der Waals surface area contributed by atoms with Crippen LogP contribution in [0.1, 0.15) is 11.3 Å². The van der Waals surface area contributed by atoms with E-state index in [2.05, 4.69) is 4.98 Å². The number of anilines is 1. The van der Waals surface area contributed by atoms with Gasteiger partial charge in [0.05, 0.1) is 16.6 Å². The molecule has 2 nitrogen and oxygen atoms in total. The maximum atomic E-state index is 13.7. The zero-order valence-corrected chi connectivity index (χ0v) is 9.48. The quantitative estimate of drug-likeness (QED) is 0.761. The van der Waals surface area contributed by atoms with Crippen molar-refractivity contribution in [1.82, 2.24) is 4.98 Å². The van der Waals surface area contributed by atoms with Crippen LogP contribution in [-0.2, 0) is 12.2 Å². The van der Waals surface area contributed by atoms with Crippen molar-refractivity contribution in [2.75, 3.05) is 11.5 Å². The molecule has 0 amide bonds. The highest BCUT2D eigenvalue weighted by molar-refractivity contribution is 7.98. The van der Waals surface area contributed by atoms with Gasteiger partial charge in [0.15, 0.2) is 0 Å². The number of halogens is 1. The summed E-state index contributed by atoms with van der Waals surface area (Å²) in [6, 6.07) is 4.92. The predicted octanol–water partition coefficient (Wildman–Crippen LogP) is 2.75. The SMILES string of the molecule is Nc1c2c(nc3cccc(F)c13)CSCC2. The molecule has 4 heteroatoms. The van der Waals surface area contributed by atoms with Crippen molar-refractivity contribution < 1.29 is 4.39 Å². The summed E-state index contributed by atoms with van der Waals surface area (Å²) in [7, 11) is 0. The topological polar surface area (TPSA) is 38.9 Å². The van der Waals surface area contributed by atoms with Crippen LogP contribution in [0.15, 0.2) is 18.2 Å². The Morgan fingerprint density at radius 1 is 1.38 bits per heavy atom. The summed E-state index contributed by atoms with van der Waals surface area (Å²) in [6.07, 6.45) is 0.892. The summed E-state index contributed by atoms with van der Waals surface area (Å²) in [5, 5.41) is 0.480. The van der Waals surface area contributed by atoms with E-state index >= 15 is 0 Å². The standard InChI is InChI=1S/C12H11FN2S/c13-8-2-1-3-9-11(8)12(14)7-4-5-16-6-10(7)15-9/h1-3H,4-6H2,(H2,14,15). The van der Waals surface area contributed by atoms with Crippen LogP contribution in [0.2, 0.25) is 0 Å². The second kappa shape index (κ2) is 3.63. The Morgan fingerprint density at radius 2 is 2.25 bits per heavy atom. The number of rotatable bonds is 0. The number of pyridine rings is 1. The highest BCUT2D eigenvalue weighted by Gasteiger charge is 2.18. The van der Waals surface area contributed by atoms with Crippen molar-refractivity contribution in [2.45, 2.75) is 12.2 Å². The lowest BCUT2D eigenvalue weighted by molar-refractivity contribution is 0.639. The van der Waals surface area contributed by atoms with Gasteiger partial charge < -0.3 is 5.73 Å². The molecule has 0 saturated carbocycles. The molecule has 2 N–H and O–H groups in total. The number of nitrogen functional groups attached to an aromatic ring is 1. The van der Waals surface area contributed by atoms with Gasteiger partial charge >= 0.3 is 0 Å². The molecule has 0 fully saturated rings. The van der Waals surface area contributed by atoms with Gasteiger partial charge in [0.2, 0.25) is 0 Å². The van der Waals surface area contributed by atoms with Crippen LogP contribution in [-0.4, -0.2) is 10.7 Å². The predicted molar refractivity (Wildman–Crippen MR) is 66.0 cm³/mol. The van der Waals surface area contributed by atoms with Crippen LogP contribution < -0.4 is 5.73 Å². The summed E-state index contributed by atoms with van der Waals surface area (Å²) in [4.78, 5) is 4.50. The number of fused-ring (bicyclic) bond motifs is 2. The molecule has 2 aromatic rings. The molecule has 1 aromatic heterocycles. The van der Waals surface area contributed by atoms with Gasteiger partial charge in [-0.15, -0.1) is 0 Å². The monoisotopic (exact) mass is 234 g/mol. The minimum Gasteiger partial charge on any atom is -0.398 e. The van der Waals surface area contributed by atoms with E-state index in [4.69, 9.17) is 5.73 Å². The molecule has 0 atom stereocenters. The molecule has 1 aliphatic heterocycles. The Morgan fingerprint density at radius 3 is 3.12 bits per heavy atom. The smallest absolute Gasteiger partial charge is 0.134 e. The van der Waals surface area contributed by atoms with E-state index in [1.807, 2.05) is 17.8 Å². The number of hydrogen-bond acceptors (Lipinski definition) is 3. The fourth-order valence-corrected chi connectivity index (χ4v) is 3.06. The molecular formula is C12H11FN2S. The zero-order chi connectivity index (χ0) is 11.1. The van der Waals surface area contributed by atoms with E-state index < -0.39 is 0 Å². The Hall–Kier alpha value is -1.29. The van der Waals surface area contributed by atoms with Crippen molar-refractivity contribution in [3.8, 4) is 0 Å². The third-order valence-corrected chi connectivity index (χ3v) is 3.90. The summed E-state index contributed by atoms with van der Waals surface area (Å²) in [5.41, 5.74) is 9.36. The first kappa shape index (κ1) is 9.90. The van der Waals surface area contributed by atoms with Gasteiger partial charge in [-0.25, -0.2) is 4.39 Å². The number of aromatic nitrogens is 1. The van der Waals surface area contributed by atoms with Crippen molar-refractivity contribution in [3.05, 3.63) is 35.3 Å². The molecule has 1 aromatic carbocycles. The fraction of sp³-hybridized carbons (Fsp3) is 0.250. The molecule has 0 aliphatic carbocycles. The van der Waals surface area contributed by atoms with Crippen LogP contribution in [0.25, 0.3) is 10.9 Å². The second-order valence-corrected chi connectivity index (χ2v) is 4.99. The van der Waals surface area contributed by atoms with Crippen molar-refractivity contribution >= 4 is 28.4 Å². The molecular weight excluding hydrogens is 223 g/mol. The van der Waals surface area contributed by atoms with Gasteiger partial charge in [0.1, 0.15) is 5.82 Å². The Balaban J connectivity index is 2.40. The van der Waals surface area contributed by atoms with E-state index in [9.17, 15) is 4.39 Å². The first-order valence-corrected chi connectivity index (χ1v) is 6.36. The Kier molecular flexibility index (Phi) is 2.24. The van der Waals surface area contributed by atoms with E-state index in [1.165, 1.54) is 6.07 Å². The molecule has 2 heterocycles. The van der Waals surface area contributed by atoms with Crippen molar-refractivity contribution in [1.29, 1.82) is 0 Å². The van der Waals surface area contributed by atoms with E-state index in [-0.39, 0.29) is 5.82 Å². The highest BCUT2D eigenvalue weighted by Crippen LogP contribution is 2.33. The number of nitrogens with two attached hydrogens (primary N) is 1. The first-order chi connectivity index (χ1) is 7.77. The van der Waals surface area contributed by atoms with Gasteiger partial charge in [0.25, 0.3) is 0 Å². The van der Waals surface area contributed by atoms with Crippen molar-refractivity contribution in [3.63, 3.8) is 0 Å². The van der Waals surface area contributed by atoms with Crippen LogP contribution >= 0.6 is 11.8 Å². The lowest BCUT2D eigenvalue weighted by atomic mass is 10.0. The number of benzene rings is 1. The first-order valence-electron chi connectivity index (χ1n) is 5.20. The molecule has 0 bridgehead atoms. The lowest BCUT2D eigenvalue weighted by Gasteiger charge is -2.18. The average Bonchev–Trinajstić information content (AvgIpc) is 2.29. The molecule has 0 spiro atoms. The van der Waals surface area contributed by atoms with Crippen molar-refractivity contribution in [2.24, 2.45) is 0 Å². The van der Waals surface area contributed by atoms with Gasteiger partial charge in [0, 0.05) is 11.4 Å². The van der Waals surface area contributed by atoms with Gasteiger partial charge in [-0.2, -0.15) is 11.8 Å². The minimum absolute atomic E-state index is 0.275. The maximum Gasteiger partial charge on any atom is 0.134 e. The van der Waals surface area contributed by atoms with Crippen LogP contribution in [0.5, 0.6) is 0 Å². The molecule has 0 radical (unpaired) electrons. The Bertz CT molecular complexity index is 568. The molecule has 82 valence electrons. The number of thioether (sulfide) groups is 1. The number of nitrogens with zero attached hydrogens (tertiary/aromatic N) is 1. The van der Waals surface area contributed by atoms with Gasteiger partial charge in [-0.3, -0.25) is 4.98 Å². The van der Waals surface area contributed by atoms with Crippen LogP contribution in [0.4, 0.5) is 10.1 Å². The van der Waals surface area contributed by atoms with Gasteiger partial charge in [-0.05, 0) is 29.9 Å². The normalized spacial score (nSPS) is 15.1. The highest BCUT2D eigenvalue weighted by atomic mass is 32.2. The van der Waals surface area contributed by atoms with E-state index in [0.717, 1.165) is 29.2 Å². The molecule has 16 heavy (non-hydrogen) atoms. The summed E-state index contributed by atoms with van der Waals surface area (Å²) < 4.78 is 13.7. The fourth-order valence-electron chi connectivity index (χ4n) is 2.13. The molecule has 0 saturated heterocycles. The summed E-state index contributed by atoms with van der Waals surface area (Å²) in [5.74, 6) is 1.65. The lowest BCUT2D eigenvalue weighted by Crippen LogP contribution is -2.09. The third-order valence-electron chi connectivity index (χ3n) is 2.93. The maximum absolute atomic E-state index is 13.7. The van der Waals surface area contributed by atoms with E-state index in [1.54, 1.807) is 6.07 Å². The second-order valence-electron chi connectivity index (χ2n) is 3.89. The van der Waals surface area contributed by atoms with Gasteiger partial charge in [-0.1, -0.05) is 6.07 Å².